The first-order chi connectivity index (χ1) is 17.2. The van der Waals surface area contributed by atoms with Gasteiger partial charge in [0.05, 0.1) is 0 Å². The van der Waals surface area contributed by atoms with E-state index in [-0.39, 0.29) is 11.0 Å². The first kappa shape index (κ1) is 24.1. The molecule has 3 aromatic carbocycles. The molecule has 0 amide bonds. The number of hydrogen-bond acceptors (Lipinski definition) is 5. The number of aryl methyl sites for hydroxylation is 2. The van der Waals surface area contributed by atoms with Crippen molar-refractivity contribution < 1.29 is 4.42 Å². The third-order valence-corrected chi connectivity index (χ3v) is 7.51. The van der Waals surface area contributed by atoms with Crippen molar-refractivity contribution in [3.8, 4) is 17.1 Å². The van der Waals surface area contributed by atoms with Crippen LogP contribution in [0.2, 0.25) is 0 Å². The van der Waals surface area contributed by atoms with Crippen LogP contribution in [0.3, 0.4) is 0 Å². The van der Waals surface area contributed by atoms with Crippen LogP contribution in [0.15, 0.2) is 87.2 Å². The Kier molecular flexibility index (Phi) is 6.31. The Morgan fingerprint density at radius 1 is 0.917 bits per heavy atom. The summed E-state index contributed by atoms with van der Waals surface area (Å²) in [5, 5.41) is 10.9. The average Bonchev–Trinajstić information content (AvgIpc) is 3.29. The van der Waals surface area contributed by atoms with Gasteiger partial charge in [0.15, 0.2) is 11.0 Å². The van der Waals surface area contributed by atoms with E-state index in [1.807, 2.05) is 38.1 Å². The maximum atomic E-state index is 12.3. The van der Waals surface area contributed by atoms with Crippen molar-refractivity contribution in [1.82, 2.24) is 14.8 Å². The van der Waals surface area contributed by atoms with E-state index in [0.29, 0.717) is 11.3 Å². The number of rotatable bonds is 5. The molecule has 0 aliphatic carbocycles. The molecule has 0 bridgehead atoms. The van der Waals surface area contributed by atoms with Crippen LogP contribution >= 0.6 is 11.8 Å². The molecule has 0 N–H and O–H groups in total. The molecule has 5 rings (SSSR count). The summed E-state index contributed by atoms with van der Waals surface area (Å²) in [4.78, 5) is 12.3. The number of fused-ring (bicyclic) bond motifs is 1. The molecular weight excluding hydrogens is 466 g/mol. The Balaban J connectivity index is 1.55. The van der Waals surface area contributed by atoms with E-state index in [1.54, 1.807) is 17.8 Å². The van der Waals surface area contributed by atoms with Crippen molar-refractivity contribution >= 4 is 22.7 Å². The van der Waals surface area contributed by atoms with Gasteiger partial charge in [-0.15, -0.1) is 10.2 Å². The lowest BCUT2D eigenvalue weighted by Gasteiger charge is -2.19. The van der Waals surface area contributed by atoms with Crippen LogP contribution in [-0.2, 0) is 11.2 Å². The van der Waals surface area contributed by atoms with E-state index < -0.39 is 0 Å². The van der Waals surface area contributed by atoms with Crippen molar-refractivity contribution in [1.29, 1.82) is 0 Å². The van der Waals surface area contributed by atoms with Gasteiger partial charge in [0.25, 0.3) is 0 Å². The van der Waals surface area contributed by atoms with Crippen molar-refractivity contribution in [2.75, 3.05) is 0 Å². The Labute approximate surface area is 215 Å². The molecule has 6 heteroatoms. The van der Waals surface area contributed by atoms with Gasteiger partial charge in [-0.05, 0) is 53.6 Å². The highest BCUT2D eigenvalue weighted by molar-refractivity contribution is 7.98. The van der Waals surface area contributed by atoms with Crippen molar-refractivity contribution in [3.63, 3.8) is 0 Å². The number of aromatic nitrogens is 3. The molecule has 2 aromatic heterocycles. The number of benzene rings is 3. The van der Waals surface area contributed by atoms with E-state index in [2.05, 4.69) is 78.0 Å². The van der Waals surface area contributed by atoms with E-state index in [1.165, 1.54) is 5.56 Å². The highest BCUT2D eigenvalue weighted by Gasteiger charge is 2.19. The SMILES string of the molecule is Cc1ccc2c(CSc3nnc(-c4ccc(C(C)(C)C)cc4)n3-c3ccccc3)cc(=O)oc2c1C. The van der Waals surface area contributed by atoms with Crippen LogP contribution in [0, 0.1) is 13.8 Å². The minimum atomic E-state index is -0.337. The lowest BCUT2D eigenvalue weighted by molar-refractivity contribution is 0.557. The summed E-state index contributed by atoms with van der Waals surface area (Å²) in [5.74, 6) is 1.35. The molecular formula is C30H29N3O2S. The second-order valence-corrected chi connectivity index (χ2v) is 11.0. The molecule has 0 radical (unpaired) electrons. The highest BCUT2D eigenvalue weighted by atomic mass is 32.2. The molecule has 2 heterocycles. The maximum Gasteiger partial charge on any atom is 0.336 e. The molecule has 36 heavy (non-hydrogen) atoms. The second kappa shape index (κ2) is 9.43. The third-order valence-electron chi connectivity index (χ3n) is 6.53. The van der Waals surface area contributed by atoms with Crippen molar-refractivity contribution in [2.24, 2.45) is 0 Å². The fourth-order valence-corrected chi connectivity index (χ4v) is 5.21. The summed E-state index contributed by atoms with van der Waals surface area (Å²) in [6.07, 6.45) is 0. The predicted octanol–water partition coefficient (Wildman–Crippen LogP) is 7.25. The van der Waals surface area contributed by atoms with E-state index in [4.69, 9.17) is 4.42 Å². The Hall–Kier alpha value is -3.64. The van der Waals surface area contributed by atoms with Gasteiger partial charge in [0, 0.05) is 28.5 Å². The fraction of sp³-hybridized carbons (Fsp3) is 0.233. The van der Waals surface area contributed by atoms with Gasteiger partial charge in [0.1, 0.15) is 5.58 Å². The first-order valence-electron chi connectivity index (χ1n) is 12.0. The van der Waals surface area contributed by atoms with E-state index in [9.17, 15) is 4.79 Å². The summed E-state index contributed by atoms with van der Waals surface area (Å²) in [6.45, 7) is 10.6. The van der Waals surface area contributed by atoms with Gasteiger partial charge in [-0.1, -0.05) is 87.1 Å². The Bertz CT molecular complexity index is 1590. The smallest absolute Gasteiger partial charge is 0.336 e. The summed E-state index contributed by atoms with van der Waals surface area (Å²) >= 11 is 1.56. The molecule has 0 aliphatic heterocycles. The normalized spacial score (nSPS) is 11.8. The molecule has 5 aromatic rings. The summed E-state index contributed by atoms with van der Waals surface area (Å²) in [6, 6.07) is 24.3. The van der Waals surface area contributed by atoms with Crippen LogP contribution in [0.5, 0.6) is 0 Å². The number of nitrogens with zero attached hydrogens (tertiary/aromatic N) is 3. The largest absolute Gasteiger partial charge is 0.422 e. The van der Waals surface area contributed by atoms with Crippen LogP contribution in [0.25, 0.3) is 28.0 Å². The van der Waals surface area contributed by atoms with Crippen LogP contribution in [0.1, 0.15) is 43.0 Å². The third kappa shape index (κ3) is 4.61. The molecule has 0 saturated heterocycles. The predicted molar refractivity (Wildman–Crippen MR) is 147 cm³/mol. The van der Waals surface area contributed by atoms with Crippen LogP contribution in [-0.4, -0.2) is 14.8 Å². The quantitative estimate of drug-likeness (QED) is 0.190. The molecule has 0 unspecified atom stereocenters. The Morgan fingerprint density at radius 3 is 2.33 bits per heavy atom. The zero-order chi connectivity index (χ0) is 25.4. The molecule has 0 aliphatic rings. The minimum Gasteiger partial charge on any atom is -0.422 e. The van der Waals surface area contributed by atoms with E-state index >= 15 is 0 Å². The zero-order valence-corrected chi connectivity index (χ0v) is 22.0. The van der Waals surface area contributed by atoms with E-state index in [0.717, 1.165) is 44.3 Å². The fourth-order valence-electron chi connectivity index (χ4n) is 4.27. The van der Waals surface area contributed by atoms with Crippen LogP contribution < -0.4 is 5.63 Å². The lowest BCUT2D eigenvalue weighted by atomic mass is 9.87. The molecule has 0 fully saturated rings. The van der Waals surface area contributed by atoms with Gasteiger partial charge in [-0.25, -0.2) is 4.79 Å². The minimum absolute atomic E-state index is 0.0781. The lowest BCUT2D eigenvalue weighted by Crippen LogP contribution is -2.10. The average molecular weight is 496 g/mol. The second-order valence-electron chi connectivity index (χ2n) is 10.1. The number of thioether (sulfide) groups is 1. The molecule has 5 nitrogen and oxygen atoms in total. The summed E-state index contributed by atoms with van der Waals surface area (Å²) in [7, 11) is 0. The zero-order valence-electron chi connectivity index (χ0n) is 21.2. The van der Waals surface area contributed by atoms with Gasteiger partial charge in [-0.2, -0.15) is 0 Å². The topological polar surface area (TPSA) is 60.9 Å². The molecule has 182 valence electrons. The van der Waals surface area contributed by atoms with Gasteiger partial charge in [-0.3, -0.25) is 4.57 Å². The molecule has 0 saturated carbocycles. The number of para-hydroxylation sites is 1. The standard InChI is InChI=1S/C30H29N3O2S/c1-19-11-16-25-22(17-26(34)35-27(25)20(19)2)18-36-29-32-31-28(33(29)24-9-7-6-8-10-24)21-12-14-23(15-13-21)30(3,4)5/h6-17H,18H2,1-5H3. The summed E-state index contributed by atoms with van der Waals surface area (Å²) in [5.41, 5.74) is 6.67. The first-order valence-corrected chi connectivity index (χ1v) is 13.0. The van der Waals surface area contributed by atoms with Crippen molar-refractivity contribution in [2.45, 2.75) is 50.9 Å². The van der Waals surface area contributed by atoms with Gasteiger partial charge in [0.2, 0.25) is 0 Å². The van der Waals surface area contributed by atoms with Crippen LogP contribution in [0.4, 0.5) is 0 Å². The maximum absolute atomic E-state index is 12.3. The number of hydrogen-bond donors (Lipinski definition) is 0. The highest BCUT2D eigenvalue weighted by Crippen LogP contribution is 2.33. The monoisotopic (exact) mass is 495 g/mol. The molecule has 0 spiro atoms. The Morgan fingerprint density at radius 2 is 1.64 bits per heavy atom. The van der Waals surface area contributed by atoms with Gasteiger partial charge >= 0.3 is 5.63 Å². The van der Waals surface area contributed by atoms with Gasteiger partial charge < -0.3 is 4.42 Å². The molecule has 0 atom stereocenters. The summed E-state index contributed by atoms with van der Waals surface area (Å²) < 4.78 is 7.64. The van der Waals surface area contributed by atoms with Crippen molar-refractivity contribution in [3.05, 3.63) is 105 Å².